The van der Waals surface area contributed by atoms with Crippen molar-refractivity contribution in [3.63, 3.8) is 0 Å². The van der Waals surface area contributed by atoms with Gasteiger partial charge in [-0.1, -0.05) is 0 Å². The molecule has 1 heterocycles. The Labute approximate surface area is 103 Å². The summed E-state index contributed by atoms with van der Waals surface area (Å²) in [7, 11) is 0. The molecule has 1 N–H and O–H groups in total. The van der Waals surface area contributed by atoms with Crippen LogP contribution < -0.4 is 4.90 Å². The molecule has 0 aromatic carbocycles. The van der Waals surface area contributed by atoms with Crippen LogP contribution in [0.5, 0.6) is 0 Å². The molecule has 6 heteroatoms. The highest BCUT2D eigenvalue weighted by Crippen LogP contribution is 2.34. The van der Waals surface area contributed by atoms with E-state index in [1.807, 2.05) is 0 Å². The number of pyridine rings is 1. The van der Waals surface area contributed by atoms with Crippen LogP contribution in [-0.4, -0.2) is 28.9 Å². The number of hydrogen-bond acceptors (Lipinski definition) is 3. The molecule has 0 amide bonds. The summed E-state index contributed by atoms with van der Waals surface area (Å²) in [6.07, 6.45) is -1.96. The molecule has 1 saturated carbocycles. The van der Waals surface area contributed by atoms with Gasteiger partial charge in [0.25, 0.3) is 0 Å². The second kappa shape index (κ2) is 4.76. The van der Waals surface area contributed by atoms with E-state index < -0.39 is 18.8 Å². The van der Waals surface area contributed by atoms with E-state index in [1.54, 1.807) is 19.1 Å². The zero-order chi connectivity index (χ0) is 13.3. The summed E-state index contributed by atoms with van der Waals surface area (Å²) < 4.78 is 37.5. The second-order valence-corrected chi connectivity index (χ2v) is 4.59. The van der Waals surface area contributed by atoms with Crippen molar-refractivity contribution in [2.45, 2.75) is 38.1 Å². The number of anilines is 1. The van der Waals surface area contributed by atoms with Crippen molar-refractivity contribution >= 4 is 5.69 Å². The largest absolute Gasteiger partial charge is 0.405 e. The monoisotopic (exact) mass is 260 g/mol. The van der Waals surface area contributed by atoms with Gasteiger partial charge in [0.1, 0.15) is 6.54 Å². The maximum absolute atomic E-state index is 12.5. The standard InChI is InChI=1S/C12H15F3N2O/c1-8(18)11-5-4-10(6-16-11)17(9-2-3-9)7-12(13,14)15/h4-6,8-9,18H,2-3,7H2,1H3/t8-/m1/s1. The molecular formula is C12H15F3N2O. The molecule has 0 unspecified atom stereocenters. The Kier molecular flexibility index (Phi) is 3.47. The van der Waals surface area contributed by atoms with Crippen molar-refractivity contribution in [3.05, 3.63) is 24.0 Å². The Balaban J connectivity index is 2.15. The lowest BCUT2D eigenvalue weighted by atomic mass is 10.2. The highest BCUT2D eigenvalue weighted by molar-refractivity contribution is 5.47. The van der Waals surface area contributed by atoms with Crippen LogP contribution in [0, 0.1) is 0 Å². The summed E-state index contributed by atoms with van der Waals surface area (Å²) in [5.41, 5.74) is 0.917. The molecule has 18 heavy (non-hydrogen) atoms. The Morgan fingerprint density at radius 3 is 2.50 bits per heavy atom. The van der Waals surface area contributed by atoms with Crippen LogP contribution >= 0.6 is 0 Å². The first-order valence-corrected chi connectivity index (χ1v) is 5.84. The maximum Gasteiger partial charge on any atom is 0.405 e. The van der Waals surface area contributed by atoms with E-state index in [-0.39, 0.29) is 6.04 Å². The Hall–Kier alpha value is -1.30. The number of halogens is 3. The molecule has 1 aliphatic carbocycles. The zero-order valence-electron chi connectivity index (χ0n) is 9.98. The zero-order valence-corrected chi connectivity index (χ0v) is 9.98. The van der Waals surface area contributed by atoms with E-state index in [4.69, 9.17) is 0 Å². The molecule has 1 aromatic heterocycles. The molecular weight excluding hydrogens is 245 g/mol. The molecule has 1 aliphatic rings. The quantitative estimate of drug-likeness (QED) is 0.904. The van der Waals surface area contributed by atoms with Gasteiger partial charge in [0.2, 0.25) is 0 Å². The third-order valence-electron chi connectivity index (χ3n) is 2.87. The fraction of sp³-hybridized carbons (Fsp3) is 0.583. The van der Waals surface area contributed by atoms with Crippen molar-refractivity contribution in [2.24, 2.45) is 0 Å². The Bertz CT molecular complexity index is 399. The molecule has 0 radical (unpaired) electrons. The average molecular weight is 260 g/mol. The van der Waals surface area contributed by atoms with Crippen LogP contribution in [0.25, 0.3) is 0 Å². The molecule has 0 spiro atoms. The molecule has 1 fully saturated rings. The minimum atomic E-state index is -4.22. The summed E-state index contributed by atoms with van der Waals surface area (Å²) in [6.45, 7) is 0.615. The fourth-order valence-corrected chi connectivity index (χ4v) is 1.83. The van der Waals surface area contributed by atoms with E-state index in [9.17, 15) is 18.3 Å². The number of alkyl halides is 3. The van der Waals surface area contributed by atoms with Crippen molar-refractivity contribution in [1.29, 1.82) is 0 Å². The number of nitrogens with zero attached hydrogens (tertiary/aromatic N) is 2. The molecule has 0 bridgehead atoms. The summed E-state index contributed by atoms with van der Waals surface area (Å²) in [4.78, 5) is 5.31. The summed E-state index contributed by atoms with van der Waals surface area (Å²) in [6, 6.07) is 3.11. The number of aliphatic hydroxyl groups is 1. The van der Waals surface area contributed by atoms with Gasteiger partial charge >= 0.3 is 6.18 Å². The lowest BCUT2D eigenvalue weighted by molar-refractivity contribution is -0.120. The van der Waals surface area contributed by atoms with E-state index >= 15 is 0 Å². The van der Waals surface area contributed by atoms with Gasteiger partial charge in [0, 0.05) is 6.04 Å². The lowest BCUT2D eigenvalue weighted by Gasteiger charge is -2.25. The minimum absolute atomic E-state index is 0.0363. The lowest BCUT2D eigenvalue weighted by Crippen LogP contribution is -2.36. The number of aliphatic hydroxyl groups excluding tert-OH is 1. The molecule has 1 atom stereocenters. The first-order chi connectivity index (χ1) is 8.37. The van der Waals surface area contributed by atoms with Crippen LogP contribution in [0.3, 0.4) is 0 Å². The van der Waals surface area contributed by atoms with Gasteiger partial charge in [-0.05, 0) is 31.9 Å². The van der Waals surface area contributed by atoms with Gasteiger partial charge in [-0.15, -0.1) is 0 Å². The Morgan fingerprint density at radius 1 is 1.44 bits per heavy atom. The van der Waals surface area contributed by atoms with E-state index in [2.05, 4.69) is 4.98 Å². The molecule has 0 aliphatic heterocycles. The highest BCUT2D eigenvalue weighted by atomic mass is 19.4. The predicted octanol–water partition coefficient (Wildman–Crippen LogP) is 2.67. The SMILES string of the molecule is C[C@@H](O)c1ccc(N(CC(F)(F)F)C2CC2)cn1. The van der Waals surface area contributed by atoms with Crippen LogP contribution in [0.1, 0.15) is 31.6 Å². The van der Waals surface area contributed by atoms with Crippen molar-refractivity contribution < 1.29 is 18.3 Å². The van der Waals surface area contributed by atoms with Crippen LogP contribution in [0.2, 0.25) is 0 Å². The molecule has 1 aromatic rings. The van der Waals surface area contributed by atoms with E-state index in [1.165, 1.54) is 11.1 Å². The first kappa shape index (κ1) is 13.1. The van der Waals surface area contributed by atoms with Gasteiger partial charge in [0.05, 0.1) is 23.7 Å². The van der Waals surface area contributed by atoms with Crippen LogP contribution in [0.15, 0.2) is 18.3 Å². The third kappa shape index (κ3) is 3.35. The van der Waals surface area contributed by atoms with Gasteiger partial charge in [-0.2, -0.15) is 13.2 Å². The Morgan fingerprint density at radius 2 is 2.11 bits per heavy atom. The highest BCUT2D eigenvalue weighted by Gasteiger charge is 2.38. The van der Waals surface area contributed by atoms with Gasteiger partial charge in [-0.3, -0.25) is 4.98 Å². The van der Waals surface area contributed by atoms with Gasteiger partial charge in [0.15, 0.2) is 0 Å². The van der Waals surface area contributed by atoms with Gasteiger partial charge in [-0.25, -0.2) is 0 Å². The van der Waals surface area contributed by atoms with Crippen molar-refractivity contribution in [1.82, 2.24) is 4.98 Å². The summed E-state index contributed by atoms with van der Waals surface area (Å²) >= 11 is 0. The number of hydrogen-bond donors (Lipinski definition) is 1. The summed E-state index contributed by atoms with van der Waals surface area (Å²) in [5.74, 6) is 0. The summed E-state index contributed by atoms with van der Waals surface area (Å²) in [5, 5.41) is 9.31. The minimum Gasteiger partial charge on any atom is -0.387 e. The maximum atomic E-state index is 12.5. The number of aromatic nitrogens is 1. The second-order valence-electron chi connectivity index (χ2n) is 4.59. The van der Waals surface area contributed by atoms with E-state index in [0.29, 0.717) is 11.4 Å². The van der Waals surface area contributed by atoms with Crippen LogP contribution in [-0.2, 0) is 0 Å². The molecule has 3 nitrogen and oxygen atoms in total. The van der Waals surface area contributed by atoms with Gasteiger partial charge < -0.3 is 10.0 Å². The third-order valence-corrected chi connectivity index (χ3v) is 2.87. The fourth-order valence-electron chi connectivity index (χ4n) is 1.83. The number of rotatable bonds is 4. The topological polar surface area (TPSA) is 36.4 Å². The van der Waals surface area contributed by atoms with Crippen molar-refractivity contribution in [3.8, 4) is 0 Å². The normalized spacial score (nSPS) is 17.6. The van der Waals surface area contributed by atoms with Crippen molar-refractivity contribution in [2.75, 3.05) is 11.4 Å². The smallest absolute Gasteiger partial charge is 0.387 e. The average Bonchev–Trinajstić information content (AvgIpc) is 3.08. The predicted molar refractivity (Wildman–Crippen MR) is 61.3 cm³/mol. The van der Waals surface area contributed by atoms with E-state index in [0.717, 1.165) is 12.8 Å². The molecule has 100 valence electrons. The van der Waals surface area contributed by atoms with Crippen LogP contribution in [0.4, 0.5) is 18.9 Å². The molecule has 0 saturated heterocycles. The molecule has 2 rings (SSSR count). The first-order valence-electron chi connectivity index (χ1n) is 5.84.